The van der Waals surface area contributed by atoms with E-state index in [2.05, 4.69) is 0 Å². The van der Waals surface area contributed by atoms with Crippen molar-refractivity contribution in [3.05, 3.63) is 114 Å². The molecule has 0 saturated heterocycles. The Bertz CT molecular complexity index is 1420. The molecule has 5 aromatic carbocycles. The molecule has 0 fully saturated rings. The lowest BCUT2D eigenvalue weighted by atomic mass is 9.93. The van der Waals surface area contributed by atoms with Crippen molar-refractivity contribution in [1.82, 2.24) is 0 Å². The summed E-state index contributed by atoms with van der Waals surface area (Å²) in [5.41, 5.74) is 1.58. The zero-order chi connectivity index (χ0) is 21.9. The molecule has 156 valence electrons. The first-order valence-corrected chi connectivity index (χ1v) is 10.3. The summed E-state index contributed by atoms with van der Waals surface area (Å²) in [6, 6.07) is 31.9. The quantitative estimate of drug-likeness (QED) is 0.255. The van der Waals surface area contributed by atoms with Gasteiger partial charge in [-0.3, -0.25) is 0 Å². The fraction of sp³-hybridized carbons (Fsp3) is 0.0357. The predicted molar refractivity (Wildman–Crippen MR) is 125 cm³/mol. The van der Waals surface area contributed by atoms with Crippen molar-refractivity contribution >= 4 is 27.7 Å². The van der Waals surface area contributed by atoms with Crippen molar-refractivity contribution in [2.45, 2.75) is 6.42 Å². The third-order valence-corrected chi connectivity index (χ3v) is 5.50. The summed E-state index contributed by atoms with van der Waals surface area (Å²) in [6.45, 7) is 0. The summed E-state index contributed by atoms with van der Waals surface area (Å²) < 4.78 is 11.0. The third-order valence-electron chi connectivity index (χ3n) is 5.50. The number of carbonyl (C=O) groups excluding carboxylic acids is 1. The second kappa shape index (κ2) is 8.44. The number of phenolic OH excluding ortho intramolecular Hbond substituents is 1. The van der Waals surface area contributed by atoms with Crippen molar-refractivity contribution < 1.29 is 19.4 Å². The molecular formula is C28H20O4. The topological polar surface area (TPSA) is 55.8 Å². The van der Waals surface area contributed by atoms with Crippen LogP contribution in [0.3, 0.4) is 0 Å². The SMILES string of the molecule is O=C(Oc1ccccc1)Oc1ccc2ccccc2c1Cc1c(O)ccc2ccccc12. The Morgan fingerprint density at radius 2 is 1.22 bits per heavy atom. The number of phenols is 1. The van der Waals surface area contributed by atoms with Crippen LogP contribution in [-0.2, 0) is 6.42 Å². The molecule has 4 heteroatoms. The van der Waals surface area contributed by atoms with E-state index < -0.39 is 6.16 Å². The first kappa shape index (κ1) is 19.6. The Kier molecular flexibility index (Phi) is 5.18. The Balaban J connectivity index is 1.57. The van der Waals surface area contributed by atoms with Crippen molar-refractivity contribution in [2.75, 3.05) is 0 Å². The fourth-order valence-corrected chi connectivity index (χ4v) is 3.98. The van der Waals surface area contributed by atoms with Crippen LogP contribution in [0.15, 0.2) is 103 Å². The molecular weight excluding hydrogens is 400 g/mol. The highest BCUT2D eigenvalue weighted by Crippen LogP contribution is 2.35. The van der Waals surface area contributed by atoms with Crippen LogP contribution in [0.25, 0.3) is 21.5 Å². The maximum absolute atomic E-state index is 12.5. The Morgan fingerprint density at radius 1 is 0.625 bits per heavy atom. The number of carbonyl (C=O) groups is 1. The largest absolute Gasteiger partial charge is 0.519 e. The maximum Gasteiger partial charge on any atom is 0.519 e. The average molecular weight is 420 g/mol. The number of ether oxygens (including phenoxy) is 2. The van der Waals surface area contributed by atoms with Crippen LogP contribution in [0.5, 0.6) is 17.2 Å². The highest BCUT2D eigenvalue weighted by molar-refractivity contribution is 5.92. The number of benzene rings is 5. The van der Waals surface area contributed by atoms with Gasteiger partial charge in [-0.1, -0.05) is 78.9 Å². The predicted octanol–water partition coefficient (Wildman–Crippen LogP) is 6.87. The van der Waals surface area contributed by atoms with Crippen LogP contribution in [0.2, 0.25) is 0 Å². The molecule has 5 aromatic rings. The van der Waals surface area contributed by atoms with E-state index in [4.69, 9.17) is 9.47 Å². The highest BCUT2D eigenvalue weighted by atomic mass is 16.7. The summed E-state index contributed by atoms with van der Waals surface area (Å²) in [5, 5.41) is 14.6. The van der Waals surface area contributed by atoms with Gasteiger partial charge in [-0.15, -0.1) is 0 Å². The van der Waals surface area contributed by atoms with Gasteiger partial charge in [-0.25, -0.2) is 4.79 Å². The molecule has 0 saturated carbocycles. The maximum atomic E-state index is 12.5. The van der Waals surface area contributed by atoms with Crippen LogP contribution < -0.4 is 9.47 Å². The molecule has 0 radical (unpaired) electrons. The monoisotopic (exact) mass is 420 g/mol. The minimum Gasteiger partial charge on any atom is -0.508 e. The summed E-state index contributed by atoms with van der Waals surface area (Å²) in [6.07, 6.45) is -0.419. The summed E-state index contributed by atoms with van der Waals surface area (Å²) in [5.74, 6) is 1.01. The third kappa shape index (κ3) is 3.86. The molecule has 0 atom stereocenters. The number of hydrogen-bond donors (Lipinski definition) is 1. The van der Waals surface area contributed by atoms with Crippen molar-refractivity contribution in [2.24, 2.45) is 0 Å². The molecule has 5 rings (SSSR count). The standard InChI is InChI=1S/C28H20O4/c29-26-16-14-19-8-4-6-12-22(19)24(26)18-25-23-13-7-5-9-20(23)15-17-27(25)32-28(30)31-21-10-2-1-3-11-21/h1-17,29H,18H2. The molecule has 0 aliphatic rings. The Morgan fingerprint density at radius 3 is 1.94 bits per heavy atom. The number of aromatic hydroxyl groups is 1. The molecule has 0 heterocycles. The van der Waals surface area contributed by atoms with E-state index in [1.807, 2.05) is 66.7 Å². The lowest BCUT2D eigenvalue weighted by Crippen LogP contribution is -2.15. The molecule has 0 aliphatic heterocycles. The number of fused-ring (bicyclic) bond motifs is 2. The molecule has 0 aromatic heterocycles. The molecule has 1 N–H and O–H groups in total. The molecule has 4 nitrogen and oxygen atoms in total. The second-order valence-corrected chi connectivity index (χ2v) is 7.49. The van der Waals surface area contributed by atoms with E-state index in [9.17, 15) is 9.90 Å². The zero-order valence-corrected chi connectivity index (χ0v) is 17.2. The van der Waals surface area contributed by atoms with Crippen LogP contribution in [-0.4, -0.2) is 11.3 Å². The molecule has 0 amide bonds. The Labute approximate surface area is 185 Å². The first-order chi connectivity index (χ1) is 15.7. The van der Waals surface area contributed by atoms with Gasteiger partial charge in [0, 0.05) is 17.5 Å². The number of rotatable bonds is 4. The fourth-order valence-electron chi connectivity index (χ4n) is 3.98. The van der Waals surface area contributed by atoms with Gasteiger partial charge in [-0.2, -0.15) is 0 Å². The zero-order valence-electron chi connectivity index (χ0n) is 17.2. The van der Waals surface area contributed by atoms with Crippen molar-refractivity contribution in [3.63, 3.8) is 0 Å². The van der Waals surface area contributed by atoms with Gasteiger partial charge in [0.2, 0.25) is 0 Å². The minimum absolute atomic E-state index is 0.203. The van der Waals surface area contributed by atoms with Crippen LogP contribution >= 0.6 is 0 Å². The number of hydrogen-bond acceptors (Lipinski definition) is 4. The van der Waals surface area contributed by atoms with Gasteiger partial charge in [0.25, 0.3) is 0 Å². The first-order valence-electron chi connectivity index (χ1n) is 10.3. The van der Waals surface area contributed by atoms with E-state index >= 15 is 0 Å². The smallest absolute Gasteiger partial charge is 0.508 e. The second-order valence-electron chi connectivity index (χ2n) is 7.49. The van der Waals surface area contributed by atoms with Gasteiger partial charge in [0.05, 0.1) is 0 Å². The lowest BCUT2D eigenvalue weighted by molar-refractivity contribution is 0.151. The van der Waals surface area contributed by atoms with Gasteiger partial charge in [0.1, 0.15) is 17.2 Å². The van der Waals surface area contributed by atoms with E-state index in [1.165, 1.54) is 0 Å². The summed E-state index contributed by atoms with van der Waals surface area (Å²) in [4.78, 5) is 12.5. The van der Waals surface area contributed by atoms with Gasteiger partial charge >= 0.3 is 6.16 Å². The summed E-state index contributed by atoms with van der Waals surface area (Å²) >= 11 is 0. The molecule has 32 heavy (non-hydrogen) atoms. The van der Waals surface area contributed by atoms with E-state index in [-0.39, 0.29) is 5.75 Å². The minimum atomic E-state index is -0.810. The van der Waals surface area contributed by atoms with Crippen LogP contribution in [0.4, 0.5) is 4.79 Å². The molecule has 0 bridgehead atoms. The van der Waals surface area contributed by atoms with Crippen molar-refractivity contribution in [3.8, 4) is 17.2 Å². The van der Waals surface area contributed by atoms with Crippen molar-refractivity contribution in [1.29, 1.82) is 0 Å². The highest BCUT2D eigenvalue weighted by Gasteiger charge is 2.17. The van der Waals surface area contributed by atoms with Crippen LogP contribution in [0.1, 0.15) is 11.1 Å². The normalized spacial score (nSPS) is 10.9. The molecule has 0 unspecified atom stereocenters. The molecule has 0 aliphatic carbocycles. The number of para-hydroxylation sites is 1. The van der Waals surface area contributed by atoms with Crippen LogP contribution in [0, 0.1) is 0 Å². The van der Waals surface area contributed by atoms with E-state index in [0.29, 0.717) is 17.9 Å². The van der Waals surface area contributed by atoms with Gasteiger partial charge in [0.15, 0.2) is 0 Å². The van der Waals surface area contributed by atoms with E-state index in [1.54, 1.807) is 36.4 Å². The average Bonchev–Trinajstić information content (AvgIpc) is 2.82. The summed E-state index contributed by atoms with van der Waals surface area (Å²) in [7, 11) is 0. The molecule has 0 spiro atoms. The Hall–Kier alpha value is -4.31. The lowest BCUT2D eigenvalue weighted by Gasteiger charge is -2.15. The van der Waals surface area contributed by atoms with Gasteiger partial charge in [-0.05, 0) is 45.8 Å². The van der Waals surface area contributed by atoms with E-state index in [0.717, 1.165) is 32.7 Å². The van der Waals surface area contributed by atoms with Gasteiger partial charge < -0.3 is 14.6 Å².